The summed E-state index contributed by atoms with van der Waals surface area (Å²) in [7, 11) is 0. The number of hydrogen-bond acceptors (Lipinski definition) is 9. The second kappa shape index (κ2) is 8.56. The summed E-state index contributed by atoms with van der Waals surface area (Å²) in [4.78, 5) is 21.2. The zero-order chi connectivity index (χ0) is 23.7. The lowest BCUT2D eigenvalue weighted by Crippen LogP contribution is -2.32. The summed E-state index contributed by atoms with van der Waals surface area (Å²) in [5.74, 6) is 0.908. The third-order valence-corrected chi connectivity index (χ3v) is 5.69. The van der Waals surface area contributed by atoms with Crippen molar-refractivity contribution >= 4 is 23.4 Å². The molecule has 0 fully saturated rings. The van der Waals surface area contributed by atoms with E-state index in [1.807, 2.05) is 56.3 Å². The first-order valence-electron chi connectivity index (χ1n) is 10.7. The average molecular weight is 457 g/mol. The maximum absolute atomic E-state index is 12.2. The zero-order valence-electron chi connectivity index (χ0n) is 18.6. The van der Waals surface area contributed by atoms with Crippen LogP contribution in [-0.2, 0) is 5.54 Å². The van der Waals surface area contributed by atoms with Crippen LogP contribution in [-0.4, -0.2) is 37.8 Å². The molecular formula is C24H23N7O3. The number of aromatic nitrogens is 4. The Bertz CT molecular complexity index is 1320. The number of anilines is 3. The second-order valence-electron chi connectivity index (χ2n) is 8.45. The fourth-order valence-electron chi connectivity index (χ4n) is 3.97. The molecule has 1 aliphatic heterocycles. The van der Waals surface area contributed by atoms with Crippen LogP contribution in [0.4, 0.5) is 17.5 Å². The Balaban J connectivity index is 1.48. The van der Waals surface area contributed by atoms with Crippen molar-refractivity contribution in [1.29, 1.82) is 0 Å². The first-order chi connectivity index (χ1) is 16.4. The number of rotatable bonds is 7. The summed E-state index contributed by atoms with van der Waals surface area (Å²) in [6, 6.07) is 14.6. The smallest absolute Gasteiger partial charge is 0.252 e. The fraction of sp³-hybridized carbons (Fsp3) is 0.208. The van der Waals surface area contributed by atoms with Crippen molar-refractivity contribution in [3.63, 3.8) is 0 Å². The Morgan fingerprint density at radius 1 is 1.15 bits per heavy atom. The number of aliphatic hydroxyl groups excluding tert-OH is 1. The van der Waals surface area contributed by atoms with Gasteiger partial charge in [0.05, 0.1) is 23.8 Å². The SMILES string of the molecule is CC1(C)NC(=O)c2ccc(Nc3ncc(-c4nnco4)c(NC(CO)c4ccccc4)n3)cc21. The highest BCUT2D eigenvalue weighted by Gasteiger charge is 2.35. The van der Waals surface area contributed by atoms with Gasteiger partial charge < -0.3 is 25.5 Å². The minimum absolute atomic E-state index is 0.0887. The second-order valence-corrected chi connectivity index (χ2v) is 8.45. The number of nitrogens with zero attached hydrogens (tertiary/aromatic N) is 4. The summed E-state index contributed by atoms with van der Waals surface area (Å²) in [6.45, 7) is 3.76. The molecule has 0 spiro atoms. The largest absolute Gasteiger partial charge is 0.423 e. The molecule has 172 valence electrons. The first kappa shape index (κ1) is 21.5. The van der Waals surface area contributed by atoms with Crippen LogP contribution in [0.3, 0.4) is 0 Å². The third kappa shape index (κ3) is 4.06. The van der Waals surface area contributed by atoms with Crippen molar-refractivity contribution in [2.24, 2.45) is 0 Å². The highest BCUT2D eigenvalue weighted by molar-refractivity contribution is 6.00. The molecule has 1 aliphatic rings. The summed E-state index contributed by atoms with van der Waals surface area (Å²) >= 11 is 0. The molecule has 0 radical (unpaired) electrons. The van der Waals surface area contributed by atoms with Gasteiger partial charge in [0.2, 0.25) is 12.3 Å². The molecule has 4 aromatic rings. The highest BCUT2D eigenvalue weighted by Crippen LogP contribution is 2.34. The fourth-order valence-corrected chi connectivity index (χ4v) is 3.97. The Morgan fingerprint density at radius 2 is 1.97 bits per heavy atom. The van der Waals surface area contributed by atoms with Gasteiger partial charge in [-0.15, -0.1) is 10.2 Å². The molecule has 1 atom stereocenters. The van der Waals surface area contributed by atoms with E-state index in [2.05, 4.69) is 36.1 Å². The Hall–Kier alpha value is -4.31. The molecule has 2 aromatic heterocycles. The van der Waals surface area contributed by atoms with Crippen LogP contribution >= 0.6 is 0 Å². The average Bonchev–Trinajstić information content (AvgIpc) is 3.44. The van der Waals surface area contributed by atoms with E-state index in [1.165, 1.54) is 6.39 Å². The number of carbonyl (C=O) groups excluding carboxylic acids is 1. The monoisotopic (exact) mass is 457 g/mol. The third-order valence-electron chi connectivity index (χ3n) is 5.69. The van der Waals surface area contributed by atoms with Crippen LogP contribution in [0.1, 0.15) is 41.4 Å². The standard InChI is InChI=1S/C24H23N7O3/c1-24(2)18-10-15(8-9-16(18)21(33)30-24)27-23-25-11-17(22-31-26-13-34-22)20(29-23)28-19(12-32)14-6-4-3-5-7-14/h3-11,13,19,32H,12H2,1-2H3,(H,30,33)(H2,25,27,28,29). The van der Waals surface area contributed by atoms with Gasteiger partial charge in [-0.3, -0.25) is 4.79 Å². The van der Waals surface area contributed by atoms with Crippen LogP contribution in [0, 0.1) is 0 Å². The summed E-state index contributed by atoms with van der Waals surface area (Å²) in [6.07, 6.45) is 2.81. The quantitative estimate of drug-likeness (QED) is 0.329. The Morgan fingerprint density at radius 3 is 2.71 bits per heavy atom. The van der Waals surface area contributed by atoms with Crippen molar-refractivity contribution in [2.75, 3.05) is 17.2 Å². The number of amides is 1. The van der Waals surface area contributed by atoms with Gasteiger partial charge in [0, 0.05) is 17.4 Å². The number of fused-ring (bicyclic) bond motifs is 1. The predicted octanol–water partition coefficient (Wildman–Crippen LogP) is 3.39. The lowest BCUT2D eigenvalue weighted by atomic mass is 9.94. The Kier molecular flexibility index (Phi) is 5.42. The molecule has 2 aromatic carbocycles. The molecule has 5 rings (SSSR count). The topological polar surface area (TPSA) is 138 Å². The molecule has 1 amide bonds. The number of carbonyl (C=O) groups is 1. The molecule has 0 saturated heterocycles. The summed E-state index contributed by atoms with van der Waals surface area (Å²) in [5.41, 5.74) is 3.22. The van der Waals surface area contributed by atoms with Gasteiger partial charge in [0.15, 0.2) is 0 Å². The molecule has 10 heteroatoms. The maximum Gasteiger partial charge on any atom is 0.252 e. The van der Waals surface area contributed by atoms with Gasteiger partial charge in [-0.2, -0.15) is 4.98 Å². The lowest BCUT2D eigenvalue weighted by molar-refractivity contribution is 0.0940. The summed E-state index contributed by atoms with van der Waals surface area (Å²) in [5, 5.41) is 27.2. The number of aliphatic hydroxyl groups is 1. The number of hydrogen-bond donors (Lipinski definition) is 4. The first-order valence-corrected chi connectivity index (χ1v) is 10.7. The van der Waals surface area contributed by atoms with Crippen molar-refractivity contribution in [3.8, 4) is 11.5 Å². The van der Waals surface area contributed by atoms with Crippen molar-refractivity contribution in [2.45, 2.75) is 25.4 Å². The molecule has 1 unspecified atom stereocenters. The van der Waals surface area contributed by atoms with E-state index >= 15 is 0 Å². The Labute approximate surface area is 195 Å². The van der Waals surface area contributed by atoms with Gasteiger partial charge in [-0.25, -0.2) is 4.98 Å². The van der Waals surface area contributed by atoms with E-state index in [-0.39, 0.29) is 18.4 Å². The van der Waals surface area contributed by atoms with Gasteiger partial charge in [0.25, 0.3) is 11.8 Å². The normalized spacial score (nSPS) is 14.9. The predicted molar refractivity (Wildman–Crippen MR) is 125 cm³/mol. The van der Waals surface area contributed by atoms with E-state index in [1.54, 1.807) is 12.3 Å². The zero-order valence-corrected chi connectivity index (χ0v) is 18.6. The molecule has 4 N–H and O–H groups in total. The van der Waals surface area contributed by atoms with E-state index in [4.69, 9.17) is 4.42 Å². The van der Waals surface area contributed by atoms with E-state index < -0.39 is 11.6 Å². The molecule has 10 nitrogen and oxygen atoms in total. The van der Waals surface area contributed by atoms with Crippen molar-refractivity contribution < 1.29 is 14.3 Å². The van der Waals surface area contributed by atoms with Crippen molar-refractivity contribution in [3.05, 3.63) is 77.8 Å². The van der Waals surface area contributed by atoms with Gasteiger partial charge in [-0.1, -0.05) is 30.3 Å². The molecule has 0 aliphatic carbocycles. The van der Waals surface area contributed by atoms with E-state index in [0.717, 1.165) is 16.8 Å². The van der Waals surface area contributed by atoms with Crippen LogP contribution in [0.5, 0.6) is 0 Å². The number of nitrogens with one attached hydrogen (secondary N) is 3. The van der Waals surface area contributed by atoms with Crippen molar-refractivity contribution in [1.82, 2.24) is 25.5 Å². The van der Waals surface area contributed by atoms with Crippen LogP contribution in [0.2, 0.25) is 0 Å². The van der Waals surface area contributed by atoms with Gasteiger partial charge in [0.1, 0.15) is 5.82 Å². The van der Waals surface area contributed by atoms with E-state index in [9.17, 15) is 9.90 Å². The van der Waals surface area contributed by atoms with Crippen LogP contribution in [0.15, 0.2) is 65.5 Å². The van der Waals surface area contributed by atoms with Crippen LogP contribution in [0.25, 0.3) is 11.5 Å². The molecule has 0 bridgehead atoms. The molecular weight excluding hydrogens is 434 g/mol. The van der Waals surface area contributed by atoms with Crippen LogP contribution < -0.4 is 16.0 Å². The van der Waals surface area contributed by atoms with Gasteiger partial charge in [-0.05, 0) is 43.2 Å². The van der Waals surface area contributed by atoms with Gasteiger partial charge >= 0.3 is 0 Å². The lowest BCUT2D eigenvalue weighted by Gasteiger charge is -2.20. The minimum atomic E-state index is -0.469. The summed E-state index contributed by atoms with van der Waals surface area (Å²) < 4.78 is 5.36. The molecule has 0 saturated carbocycles. The molecule has 3 heterocycles. The molecule has 34 heavy (non-hydrogen) atoms. The minimum Gasteiger partial charge on any atom is -0.423 e. The highest BCUT2D eigenvalue weighted by atomic mass is 16.4. The maximum atomic E-state index is 12.2. The number of benzene rings is 2. The van der Waals surface area contributed by atoms with E-state index in [0.29, 0.717) is 22.9 Å².